The van der Waals surface area contributed by atoms with Crippen LogP contribution in [0.15, 0.2) is 21.7 Å². The average molecular weight is 346 g/mol. The molecule has 0 N–H and O–H groups in total. The van der Waals surface area contributed by atoms with E-state index in [9.17, 15) is 4.79 Å². The van der Waals surface area contributed by atoms with Gasteiger partial charge in [-0.25, -0.2) is 0 Å². The Morgan fingerprint density at radius 2 is 1.75 bits per heavy atom. The quantitative estimate of drug-likeness (QED) is 0.595. The summed E-state index contributed by atoms with van der Waals surface area (Å²) < 4.78 is 0. The van der Waals surface area contributed by atoms with Gasteiger partial charge in [-0.15, -0.1) is 0 Å². The lowest BCUT2D eigenvalue weighted by molar-refractivity contribution is -0.138. The van der Waals surface area contributed by atoms with Crippen molar-refractivity contribution in [1.82, 2.24) is 4.90 Å². The first-order valence-electron chi connectivity index (χ1n) is 9.90. The van der Waals surface area contributed by atoms with Crippen molar-refractivity contribution in [1.29, 1.82) is 0 Å². The Kier molecular flexibility index (Phi) is 4.35. The van der Waals surface area contributed by atoms with Crippen LogP contribution in [0.1, 0.15) is 72.1 Å². The second-order valence-electron chi connectivity index (χ2n) is 8.79. The van der Waals surface area contributed by atoms with Gasteiger partial charge in [-0.1, -0.05) is 25.1 Å². The van der Waals surface area contributed by atoms with Gasteiger partial charge in [0.05, 0.1) is 5.03 Å². The van der Waals surface area contributed by atoms with E-state index in [2.05, 4.69) is 25.7 Å². The smallest absolute Gasteiger partial charge is 0.164 e. The summed E-state index contributed by atoms with van der Waals surface area (Å²) in [4.78, 5) is 17.1. The molecule has 4 fully saturated rings. The zero-order chi connectivity index (χ0) is 16.9. The van der Waals surface area contributed by atoms with Crippen molar-refractivity contribution in [2.24, 2.45) is 23.2 Å². The molecule has 5 rings (SSSR count). The summed E-state index contributed by atoms with van der Waals surface area (Å²) in [6.45, 7) is 7.68. The Morgan fingerprint density at radius 1 is 1.17 bits per heavy atom. The Hall–Kier alpha value is -0.700. The van der Waals surface area contributed by atoms with Crippen molar-refractivity contribution in [3.63, 3.8) is 0 Å². The van der Waals surface area contributed by atoms with Crippen LogP contribution in [0.3, 0.4) is 0 Å². The largest absolute Gasteiger partial charge is 0.339 e. The first-order chi connectivity index (χ1) is 11.5. The van der Waals surface area contributed by atoms with Gasteiger partial charge in [-0.3, -0.25) is 4.79 Å². The molecule has 2 nitrogen and oxygen atoms in total. The molecule has 1 heterocycles. The fourth-order valence-corrected chi connectivity index (χ4v) is 7.10. The average Bonchev–Trinajstić information content (AvgIpc) is 2.78. The SMILES string of the molecule is CCCCN1C(=CC(=O)C23CC4CC(CC(C4)C2)C3)SC(C)=C1C. The lowest BCUT2D eigenvalue weighted by atomic mass is 9.48. The minimum Gasteiger partial charge on any atom is -0.339 e. The van der Waals surface area contributed by atoms with Crippen molar-refractivity contribution < 1.29 is 4.79 Å². The van der Waals surface area contributed by atoms with Crippen LogP contribution < -0.4 is 0 Å². The Labute approximate surface area is 151 Å². The second kappa shape index (κ2) is 6.23. The van der Waals surface area contributed by atoms with E-state index in [1.54, 1.807) is 0 Å². The molecule has 0 amide bonds. The number of rotatable bonds is 5. The van der Waals surface area contributed by atoms with Crippen molar-refractivity contribution in [2.75, 3.05) is 6.54 Å². The Morgan fingerprint density at radius 3 is 2.29 bits per heavy atom. The highest BCUT2D eigenvalue weighted by atomic mass is 32.2. The molecule has 5 aliphatic rings. The Balaban J connectivity index is 1.55. The van der Waals surface area contributed by atoms with Gasteiger partial charge in [-0.2, -0.15) is 0 Å². The standard InChI is InChI=1S/C21H31NOS/c1-4-5-6-22-14(2)15(3)24-20(22)10-19(23)21-11-16-7-17(12-21)9-18(8-16)13-21/h10,16-18H,4-9,11-13H2,1-3H3. The fraction of sp³-hybridized carbons (Fsp3) is 0.762. The van der Waals surface area contributed by atoms with Crippen LogP contribution in [0, 0.1) is 23.2 Å². The van der Waals surface area contributed by atoms with Gasteiger partial charge in [0.25, 0.3) is 0 Å². The van der Waals surface area contributed by atoms with Gasteiger partial charge >= 0.3 is 0 Å². The molecule has 0 aromatic carbocycles. The van der Waals surface area contributed by atoms with Crippen molar-refractivity contribution in [3.05, 3.63) is 21.7 Å². The topological polar surface area (TPSA) is 20.3 Å². The van der Waals surface area contributed by atoms with Crippen LogP contribution in [-0.2, 0) is 4.79 Å². The maximum Gasteiger partial charge on any atom is 0.164 e. The van der Waals surface area contributed by atoms with Gasteiger partial charge in [0.1, 0.15) is 0 Å². The van der Waals surface area contributed by atoms with Crippen LogP contribution in [0.4, 0.5) is 0 Å². The molecule has 24 heavy (non-hydrogen) atoms. The predicted octanol–water partition coefficient (Wildman–Crippen LogP) is 5.71. The molecule has 0 aromatic heterocycles. The predicted molar refractivity (Wildman–Crippen MR) is 101 cm³/mol. The molecule has 4 aliphatic carbocycles. The molecule has 0 aromatic rings. The van der Waals surface area contributed by atoms with Crippen LogP contribution in [-0.4, -0.2) is 17.2 Å². The van der Waals surface area contributed by atoms with Gasteiger partial charge in [-0.05, 0) is 76.5 Å². The summed E-state index contributed by atoms with van der Waals surface area (Å²) in [6.07, 6.45) is 12.2. The third kappa shape index (κ3) is 2.77. The minimum atomic E-state index is 0.00311. The molecule has 132 valence electrons. The molecule has 4 bridgehead atoms. The van der Waals surface area contributed by atoms with E-state index in [0.29, 0.717) is 5.78 Å². The summed E-state index contributed by atoms with van der Waals surface area (Å²) in [5.41, 5.74) is 1.35. The normalized spacial score (nSPS) is 39.4. The van der Waals surface area contributed by atoms with Crippen molar-refractivity contribution in [2.45, 2.75) is 72.1 Å². The molecule has 0 unspecified atom stereocenters. The minimum absolute atomic E-state index is 0.00311. The van der Waals surface area contributed by atoms with Crippen molar-refractivity contribution >= 4 is 17.5 Å². The second-order valence-corrected chi connectivity index (χ2v) is 10.0. The maximum absolute atomic E-state index is 13.4. The Bertz CT molecular complexity index is 568. The number of ketones is 1. The summed E-state index contributed by atoms with van der Waals surface area (Å²) in [5.74, 6) is 2.97. The number of hydrogen-bond donors (Lipinski definition) is 0. The summed E-state index contributed by atoms with van der Waals surface area (Å²) >= 11 is 1.81. The first kappa shape index (κ1) is 16.8. The summed E-state index contributed by atoms with van der Waals surface area (Å²) in [6, 6.07) is 0. The highest BCUT2D eigenvalue weighted by Gasteiger charge is 2.54. The zero-order valence-electron chi connectivity index (χ0n) is 15.4. The zero-order valence-corrected chi connectivity index (χ0v) is 16.3. The van der Waals surface area contributed by atoms with Gasteiger partial charge in [0, 0.05) is 28.6 Å². The van der Waals surface area contributed by atoms with Gasteiger partial charge in [0.15, 0.2) is 5.78 Å². The van der Waals surface area contributed by atoms with Gasteiger partial charge < -0.3 is 4.90 Å². The lowest BCUT2D eigenvalue weighted by Gasteiger charge is -2.55. The third-order valence-electron chi connectivity index (χ3n) is 6.99. The number of thioether (sulfide) groups is 1. The number of unbranched alkanes of at least 4 members (excludes halogenated alkanes) is 1. The molecule has 3 heteroatoms. The summed E-state index contributed by atoms with van der Waals surface area (Å²) in [7, 11) is 0. The van der Waals surface area contributed by atoms with E-state index in [0.717, 1.165) is 24.3 Å². The van der Waals surface area contributed by atoms with Crippen LogP contribution in [0.25, 0.3) is 0 Å². The summed E-state index contributed by atoms with van der Waals surface area (Å²) in [5, 5.41) is 1.19. The van der Waals surface area contributed by atoms with E-state index < -0.39 is 0 Å². The molecule has 1 aliphatic heterocycles. The van der Waals surface area contributed by atoms with E-state index in [-0.39, 0.29) is 5.41 Å². The molecule has 4 saturated carbocycles. The highest BCUT2D eigenvalue weighted by molar-refractivity contribution is 8.06. The number of carbonyl (C=O) groups excluding carboxylic acids is 1. The molecule has 0 saturated heterocycles. The number of allylic oxidation sites excluding steroid dienone is 3. The van der Waals surface area contributed by atoms with Crippen LogP contribution in [0.5, 0.6) is 0 Å². The number of carbonyl (C=O) groups is 1. The molecule has 0 radical (unpaired) electrons. The van der Waals surface area contributed by atoms with Crippen molar-refractivity contribution in [3.8, 4) is 0 Å². The molecule has 0 spiro atoms. The maximum atomic E-state index is 13.4. The highest BCUT2D eigenvalue weighted by Crippen LogP contribution is 2.60. The fourth-order valence-electron chi connectivity index (χ4n) is 6.02. The van der Waals surface area contributed by atoms with Crippen LogP contribution >= 0.6 is 11.8 Å². The molecular formula is C21H31NOS. The van der Waals surface area contributed by atoms with E-state index >= 15 is 0 Å². The third-order valence-corrected chi connectivity index (χ3v) is 8.14. The van der Waals surface area contributed by atoms with E-state index in [1.165, 1.54) is 67.0 Å². The molecular weight excluding hydrogens is 314 g/mol. The van der Waals surface area contributed by atoms with E-state index in [4.69, 9.17) is 0 Å². The first-order valence-corrected chi connectivity index (χ1v) is 10.7. The van der Waals surface area contributed by atoms with Gasteiger partial charge in [0.2, 0.25) is 0 Å². The lowest BCUT2D eigenvalue weighted by Crippen LogP contribution is -2.49. The number of hydrogen-bond acceptors (Lipinski definition) is 3. The monoisotopic (exact) mass is 345 g/mol. The molecule has 0 atom stereocenters. The number of nitrogens with zero attached hydrogens (tertiary/aromatic N) is 1. The van der Waals surface area contributed by atoms with Crippen LogP contribution in [0.2, 0.25) is 0 Å². The van der Waals surface area contributed by atoms with E-state index in [1.807, 2.05) is 17.8 Å².